The number of amides is 1. The van der Waals surface area contributed by atoms with E-state index in [4.69, 9.17) is 5.73 Å². The average molecular weight is 212 g/mol. The largest absolute Gasteiger partial charge is 0.347 e. The van der Waals surface area contributed by atoms with E-state index in [1.54, 1.807) is 0 Å². The first-order valence-electron chi connectivity index (χ1n) is 4.74. The fraction of sp³-hybridized carbons (Fsp3) is 0.500. The van der Waals surface area contributed by atoms with Crippen molar-refractivity contribution in [3.63, 3.8) is 0 Å². The van der Waals surface area contributed by atoms with Gasteiger partial charge in [-0.15, -0.1) is 11.3 Å². The molecule has 0 aliphatic carbocycles. The summed E-state index contributed by atoms with van der Waals surface area (Å²) in [6.45, 7) is 4.49. The standard InChI is InChI=1S/C10H16N2OS/c1-3-8(6-11)12-10(13)9-5-4-7(2)14-9/h4-5,8H,3,6,11H2,1-2H3,(H,12,13). The molecule has 0 fully saturated rings. The van der Waals surface area contributed by atoms with Crippen LogP contribution in [0.2, 0.25) is 0 Å². The molecule has 0 aliphatic heterocycles. The molecule has 3 N–H and O–H groups in total. The van der Waals surface area contributed by atoms with Crippen molar-refractivity contribution in [2.75, 3.05) is 6.54 Å². The monoisotopic (exact) mass is 212 g/mol. The Balaban J connectivity index is 2.58. The van der Waals surface area contributed by atoms with Crippen LogP contribution in [0.25, 0.3) is 0 Å². The zero-order valence-corrected chi connectivity index (χ0v) is 9.36. The molecule has 1 atom stereocenters. The molecule has 1 heterocycles. The molecule has 4 heteroatoms. The molecule has 3 nitrogen and oxygen atoms in total. The topological polar surface area (TPSA) is 55.1 Å². The Kier molecular flexibility index (Phi) is 4.10. The summed E-state index contributed by atoms with van der Waals surface area (Å²) in [7, 11) is 0. The number of hydrogen-bond donors (Lipinski definition) is 2. The van der Waals surface area contributed by atoms with E-state index in [0.717, 1.165) is 16.2 Å². The zero-order valence-electron chi connectivity index (χ0n) is 8.54. The summed E-state index contributed by atoms with van der Waals surface area (Å²) in [6.07, 6.45) is 0.868. The van der Waals surface area contributed by atoms with Crippen LogP contribution in [-0.2, 0) is 0 Å². The number of hydrogen-bond acceptors (Lipinski definition) is 3. The predicted molar refractivity (Wildman–Crippen MR) is 59.7 cm³/mol. The van der Waals surface area contributed by atoms with E-state index >= 15 is 0 Å². The molecule has 1 aromatic heterocycles. The van der Waals surface area contributed by atoms with Crippen LogP contribution >= 0.6 is 11.3 Å². The fourth-order valence-corrected chi connectivity index (χ4v) is 1.91. The Bertz CT molecular complexity index is 305. The summed E-state index contributed by atoms with van der Waals surface area (Å²) in [4.78, 5) is 13.5. The second kappa shape index (κ2) is 5.12. The van der Waals surface area contributed by atoms with Crippen LogP contribution in [0, 0.1) is 6.92 Å². The van der Waals surface area contributed by atoms with Gasteiger partial charge in [0.1, 0.15) is 0 Å². The van der Waals surface area contributed by atoms with Gasteiger partial charge in [0.05, 0.1) is 4.88 Å². The van der Waals surface area contributed by atoms with E-state index in [0.29, 0.717) is 6.54 Å². The van der Waals surface area contributed by atoms with Crippen molar-refractivity contribution in [1.29, 1.82) is 0 Å². The number of carbonyl (C=O) groups is 1. The van der Waals surface area contributed by atoms with Crippen molar-refractivity contribution in [3.8, 4) is 0 Å². The van der Waals surface area contributed by atoms with Crippen LogP contribution in [0.4, 0.5) is 0 Å². The van der Waals surface area contributed by atoms with Crippen molar-refractivity contribution in [3.05, 3.63) is 21.9 Å². The Morgan fingerprint density at radius 3 is 2.79 bits per heavy atom. The van der Waals surface area contributed by atoms with Gasteiger partial charge < -0.3 is 11.1 Å². The molecule has 0 bridgehead atoms. The summed E-state index contributed by atoms with van der Waals surface area (Å²) >= 11 is 1.51. The van der Waals surface area contributed by atoms with Crippen molar-refractivity contribution in [2.45, 2.75) is 26.3 Å². The van der Waals surface area contributed by atoms with Gasteiger partial charge in [0.15, 0.2) is 0 Å². The second-order valence-electron chi connectivity index (χ2n) is 3.22. The molecular formula is C10H16N2OS. The lowest BCUT2D eigenvalue weighted by Gasteiger charge is -2.13. The third-order valence-corrected chi connectivity index (χ3v) is 3.08. The Morgan fingerprint density at radius 1 is 1.64 bits per heavy atom. The van der Waals surface area contributed by atoms with Crippen molar-refractivity contribution in [1.82, 2.24) is 5.32 Å². The maximum Gasteiger partial charge on any atom is 0.261 e. The Hall–Kier alpha value is -0.870. The lowest BCUT2D eigenvalue weighted by atomic mass is 10.2. The summed E-state index contributed by atoms with van der Waals surface area (Å²) in [5.41, 5.74) is 5.50. The van der Waals surface area contributed by atoms with Crippen molar-refractivity contribution < 1.29 is 4.79 Å². The average Bonchev–Trinajstić information content (AvgIpc) is 2.61. The van der Waals surface area contributed by atoms with Crippen LogP contribution in [0.3, 0.4) is 0 Å². The zero-order chi connectivity index (χ0) is 10.6. The summed E-state index contributed by atoms with van der Waals surface area (Å²) in [5.74, 6) is -0.0135. The highest BCUT2D eigenvalue weighted by Crippen LogP contribution is 2.14. The smallest absolute Gasteiger partial charge is 0.261 e. The molecule has 1 aromatic rings. The van der Waals surface area contributed by atoms with E-state index in [1.807, 2.05) is 26.0 Å². The molecule has 1 unspecified atom stereocenters. The van der Waals surface area contributed by atoms with Gasteiger partial charge in [-0.05, 0) is 25.5 Å². The molecule has 0 saturated carbocycles. The van der Waals surface area contributed by atoms with Crippen LogP contribution in [0.1, 0.15) is 27.9 Å². The molecule has 78 valence electrons. The molecule has 0 aliphatic rings. The van der Waals surface area contributed by atoms with Gasteiger partial charge in [0.25, 0.3) is 5.91 Å². The van der Waals surface area contributed by atoms with Gasteiger partial charge >= 0.3 is 0 Å². The summed E-state index contributed by atoms with van der Waals surface area (Å²) in [5, 5.41) is 2.89. The van der Waals surface area contributed by atoms with Gasteiger partial charge in [-0.2, -0.15) is 0 Å². The number of nitrogens with two attached hydrogens (primary N) is 1. The normalized spacial score (nSPS) is 12.5. The highest BCUT2D eigenvalue weighted by molar-refractivity contribution is 7.13. The van der Waals surface area contributed by atoms with E-state index in [2.05, 4.69) is 5.32 Å². The molecule has 0 radical (unpaired) electrons. The van der Waals surface area contributed by atoms with E-state index < -0.39 is 0 Å². The first-order valence-corrected chi connectivity index (χ1v) is 5.56. The quantitative estimate of drug-likeness (QED) is 0.795. The lowest BCUT2D eigenvalue weighted by Crippen LogP contribution is -2.39. The molecule has 0 saturated heterocycles. The predicted octanol–water partition coefficient (Wildman–Crippen LogP) is 1.52. The van der Waals surface area contributed by atoms with Gasteiger partial charge in [-0.3, -0.25) is 4.79 Å². The second-order valence-corrected chi connectivity index (χ2v) is 4.51. The molecule has 1 rings (SSSR count). The fourth-order valence-electron chi connectivity index (χ4n) is 1.14. The SMILES string of the molecule is CCC(CN)NC(=O)c1ccc(C)s1. The van der Waals surface area contributed by atoms with Crippen LogP contribution in [-0.4, -0.2) is 18.5 Å². The molecular weight excluding hydrogens is 196 g/mol. The van der Waals surface area contributed by atoms with Crippen molar-refractivity contribution >= 4 is 17.2 Å². The lowest BCUT2D eigenvalue weighted by molar-refractivity contribution is 0.0941. The number of thiophene rings is 1. The third-order valence-electron chi connectivity index (χ3n) is 2.08. The number of carbonyl (C=O) groups excluding carboxylic acids is 1. The minimum absolute atomic E-state index is 0.0135. The Morgan fingerprint density at radius 2 is 2.36 bits per heavy atom. The maximum absolute atomic E-state index is 11.6. The molecule has 0 spiro atoms. The highest BCUT2D eigenvalue weighted by atomic mass is 32.1. The summed E-state index contributed by atoms with van der Waals surface area (Å²) in [6, 6.07) is 3.88. The maximum atomic E-state index is 11.6. The Labute approximate surface area is 88.3 Å². The minimum Gasteiger partial charge on any atom is -0.347 e. The van der Waals surface area contributed by atoms with Gasteiger partial charge in [0.2, 0.25) is 0 Å². The number of nitrogens with one attached hydrogen (secondary N) is 1. The van der Waals surface area contributed by atoms with Gasteiger partial charge in [-0.25, -0.2) is 0 Å². The first-order chi connectivity index (χ1) is 6.67. The van der Waals surface area contributed by atoms with E-state index in [9.17, 15) is 4.79 Å². The first kappa shape index (κ1) is 11.2. The van der Waals surface area contributed by atoms with Crippen LogP contribution < -0.4 is 11.1 Å². The third kappa shape index (κ3) is 2.82. The van der Waals surface area contributed by atoms with E-state index in [-0.39, 0.29) is 11.9 Å². The highest BCUT2D eigenvalue weighted by Gasteiger charge is 2.11. The van der Waals surface area contributed by atoms with Crippen LogP contribution in [0.15, 0.2) is 12.1 Å². The van der Waals surface area contributed by atoms with E-state index in [1.165, 1.54) is 11.3 Å². The minimum atomic E-state index is -0.0135. The van der Waals surface area contributed by atoms with Crippen LogP contribution in [0.5, 0.6) is 0 Å². The number of rotatable bonds is 4. The van der Waals surface area contributed by atoms with Gasteiger partial charge in [-0.1, -0.05) is 6.92 Å². The van der Waals surface area contributed by atoms with Gasteiger partial charge in [0, 0.05) is 17.5 Å². The molecule has 14 heavy (non-hydrogen) atoms. The molecule has 0 aromatic carbocycles. The molecule has 1 amide bonds. The summed E-state index contributed by atoms with van der Waals surface area (Å²) < 4.78 is 0. The number of aryl methyl sites for hydroxylation is 1. The van der Waals surface area contributed by atoms with Crippen molar-refractivity contribution in [2.24, 2.45) is 5.73 Å².